The Morgan fingerprint density at radius 1 is 1.29 bits per heavy atom. The van der Waals surface area contributed by atoms with Crippen LogP contribution in [0.25, 0.3) is 0 Å². The molecule has 1 heterocycles. The summed E-state index contributed by atoms with van der Waals surface area (Å²) in [6.07, 6.45) is 0.401. The Labute approximate surface area is 141 Å². The van der Waals surface area contributed by atoms with E-state index in [9.17, 15) is 22.4 Å². The minimum atomic E-state index is -3.10. The standard InChI is InChI=1S/C16H21FN2O4S/c1-12(20)19(9-13-5-3-4-6-15(13)17)10-16(21)18(2)14-7-8-24(22,23)11-14/h3-6,14H,7-11H2,1-2H3. The van der Waals surface area contributed by atoms with Crippen molar-refractivity contribution in [2.45, 2.75) is 25.9 Å². The van der Waals surface area contributed by atoms with Crippen LogP contribution < -0.4 is 0 Å². The molecular weight excluding hydrogens is 335 g/mol. The van der Waals surface area contributed by atoms with Gasteiger partial charge in [-0.25, -0.2) is 12.8 Å². The van der Waals surface area contributed by atoms with Gasteiger partial charge in [-0.05, 0) is 12.5 Å². The second-order valence-electron chi connectivity index (χ2n) is 6.03. The lowest BCUT2D eigenvalue weighted by Crippen LogP contribution is -2.45. The quantitative estimate of drug-likeness (QED) is 0.783. The summed E-state index contributed by atoms with van der Waals surface area (Å²) in [5, 5.41) is 0. The average Bonchev–Trinajstić information content (AvgIpc) is 2.87. The topological polar surface area (TPSA) is 74.8 Å². The smallest absolute Gasteiger partial charge is 0.242 e. The van der Waals surface area contributed by atoms with Gasteiger partial charge in [0.2, 0.25) is 11.8 Å². The first kappa shape index (κ1) is 18.4. The van der Waals surface area contributed by atoms with Gasteiger partial charge in [0, 0.05) is 32.1 Å². The highest BCUT2D eigenvalue weighted by Crippen LogP contribution is 2.17. The molecule has 0 saturated carbocycles. The fourth-order valence-corrected chi connectivity index (χ4v) is 4.44. The third-order valence-corrected chi connectivity index (χ3v) is 5.99. The molecule has 0 aliphatic carbocycles. The lowest BCUT2D eigenvalue weighted by molar-refractivity contribution is -0.140. The number of likely N-dealkylation sites (N-methyl/N-ethyl adjacent to an activating group) is 1. The number of sulfone groups is 1. The number of carbonyl (C=O) groups is 2. The normalized spacial score (nSPS) is 19.0. The molecule has 1 fully saturated rings. The summed E-state index contributed by atoms with van der Waals surface area (Å²) < 4.78 is 36.8. The predicted molar refractivity (Wildman–Crippen MR) is 87.3 cm³/mol. The largest absolute Gasteiger partial charge is 0.340 e. The molecule has 0 spiro atoms. The number of hydrogen-bond donors (Lipinski definition) is 0. The van der Waals surface area contributed by atoms with Crippen LogP contribution in [0.5, 0.6) is 0 Å². The van der Waals surface area contributed by atoms with Crippen molar-refractivity contribution in [2.75, 3.05) is 25.1 Å². The van der Waals surface area contributed by atoms with Crippen LogP contribution in [0.3, 0.4) is 0 Å². The van der Waals surface area contributed by atoms with Crippen molar-refractivity contribution in [2.24, 2.45) is 0 Å². The van der Waals surface area contributed by atoms with E-state index >= 15 is 0 Å². The highest BCUT2D eigenvalue weighted by molar-refractivity contribution is 7.91. The third-order valence-electron chi connectivity index (χ3n) is 4.24. The summed E-state index contributed by atoms with van der Waals surface area (Å²) in [4.78, 5) is 26.8. The first-order chi connectivity index (χ1) is 11.2. The van der Waals surface area contributed by atoms with Gasteiger partial charge >= 0.3 is 0 Å². The number of carbonyl (C=O) groups excluding carboxylic acids is 2. The maximum Gasteiger partial charge on any atom is 0.242 e. The number of nitrogens with zero attached hydrogens (tertiary/aromatic N) is 2. The van der Waals surface area contributed by atoms with E-state index in [1.807, 2.05) is 0 Å². The molecule has 0 N–H and O–H groups in total. The van der Waals surface area contributed by atoms with E-state index in [1.165, 1.54) is 29.8 Å². The second-order valence-corrected chi connectivity index (χ2v) is 8.26. The van der Waals surface area contributed by atoms with Crippen LogP contribution in [0.15, 0.2) is 24.3 Å². The Kier molecular flexibility index (Phi) is 5.58. The molecule has 1 unspecified atom stereocenters. The van der Waals surface area contributed by atoms with E-state index in [0.29, 0.717) is 12.0 Å². The molecule has 1 aromatic carbocycles. The van der Waals surface area contributed by atoms with Gasteiger partial charge in [-0.1, -0.05) is 18.2 Å². The molecule has 132 valence electrons. The Hall–Kier alpha value is -1.96. The van der Waals surface area contributed by atoms with Gasteiger partial charge in [0.15, 0.2) is 9.84 Å². The molecule has 1 aliphatic rings. The maximum atomic E-state index is 13.7. The third kappa shape index (κ3) is 4.53. The molecule has 1 atom stereocenters. The minimum Gasteiger partial charge on any atom is -0.340 e. The molecule has 6 nitrogen and oxygen atoms in total. The van der Waals surface area contributed by atoms with Crippen LogP contribution in [0, 0.1) is 5.82 Å². The van der Waals surface area contributed by atoms with Crippen LogP contribution in [0.4, 0.5) is 4.39 Å². The summed E-state index contributed by atoms with van der Waals surface area (Å²) in [5.41, 5.74) is 0.326. The van der Waals surface area contributed by atoms with E-state index in [1.54, 1.807) is 18.2 Å². The first-order valence-electron chi connectivity index (χ1n) is 7.64. The molecule has 1 aliphatic heterocycles. The zero-order chi connectivity index (χ0) is 17.9. The predicted octanol–water partition coefficient (Wildman–Crippen LogP) is 0.820. The lowest BCUT2D eigenvalue weighted by Gasteiger charge is -2.27. The summed E-state index contributed by atoms with van der Waals surface area (Å²) in [7, 11) is -1.56. The van der Waals surface area contributed by atoms with Gasteiger partial charge < -0.3 is 9.80 Å². The van der Waals surface area contributed by atoms with Gasteiger partial charge in [0.1, 0.15) is 12.4 Å². The number of rotatable bonds is 5. The highest BCUT2D eigenvalue weighted by Gasteiger charge is 2.33. The Morgan fingerprint density at radius 3 is 2.50 bits per heavy atom. The monoisotopic (exact) mass is 356 g/mol. The fraction of sp³-hybridized carbons (Fsp3) is 0.500. The van der Waals surface area contributed by atoms with Gasteiger partial charge in [0.25, 0.3) is 0 Å². The van der Waals surface area contributed by atoms with Crippen LogP contribution in [-0.4, -0.2) is 61.2 Å². The lowest BCUT2D eigenvalue weighted by atomic mass is 10.2. The van der Waals surface area contributed by atoms with E-state index in [0.717, 1.165) is 0 Å². The minimum absolute atomic E-state index is 0.00937. The summed E-state index contributed by atoms with van der Waals surface area (Å²) in [6, 6.07) is 5.70. The van der Waals surface area contributed by atoms with Crippen LogP contribution in [0.1, 0.15) is 18.9 Å². The number of amides is 2. The van der Waals surface area contributed by atoms with Crippen molar-refractivity contribution in [3.8, 4) is 0 Å². The Bertz CT molecular complexity index is 735. The van der Waals surface area contributed by atoms with E-state index < -0.39 is 15.7 Å². The molecule has 1 aromatic rings. The molecule has 8 heteroatoms. The number of benzene rings is 1. The van der Waals surface area contributed by atoms with Crippen LogP contribution in [0.2, 0.25) is 0 Å². The van der Waals surface area contributed by atoms with Crippen molar-refractivity contribution >= 4 is 21.7 Å². The van der Waals surface area contributed by atoms with E-state index in [-0.39, 0.29) is 42.5 Å². The van der Waals surface area contributed by atoms with Crippen molar-refractivity contribution < 1.29 is 22.4 Å². The van der Waals surface area contributed by atoms with E-state index in [4.69, 9.17) is 0 Å². The molecule has 0 bridgehead atoms. The van der Waals surface area contributed by atoms with Gasteiger partial charge in [-0.3, -0.25) is 9.59 Å². The van der Waals surface area contributed by atoms with Crippen molar-refractivity contribution in [1.82, 2.24) is 9.80 Å². The fourth-order valence-electron chi connectivity index (χ4n) is 2.67. The van der Waals surface area contributed by atoms with E-state index in [2.05, 4.69) is 0 Å². The average molecular weight is 356 g/mol. The maximum absolute atomic E-state index is 13.7. The second kappa shape index (κ2) is 7.29. The molecule has 1 saturated heterocycles. The number of halogens is 1. The molecule has 2 amide bonds. The van der Waals surface area contributed by atoms with Gasteiger partial charge in [-0.2, -0.15) is 0 Å². The zero-order valence-electron chi connectivity index (χ0n) is 13.7. The Balaban J connectivity index is 2.03. The summed E-state index contributed by atoms with van der Waals surface area (Å²) >= 11 is 0. The van der Waals surface area contributed by atoms with Gasteiger partial charge in [-0.15, -0.1) is 0 Å². The Morgan fingerprint density at radius 2 is 1.96 bits per heavy atom. The number of hydrogen-bond acceptors (Lipinski definition) is 4. The van der Waals surface area contributed by atoms with Crippen molar-refractivity contribution in [1.29, 1.82) is 0 Å². The van der Waals surface area contributed by atoms with Crippen LogP contribution in [-0.2, 0) is 26.0 Å². The first-order valence-corrected chi connectivity index (χ1v) is 9.47. The molecule has 2 rings (SSSR count). The van der Waals surface area contributed by atoms with Gasteiger partial charge in [0.05, 0.1) is 11.5 Å². The summed E-state index contributed by atoms with van der Waals surface area (Å²) in [5.74, 6) is -1.13. The molecule has 0 radical (unpaired) electrons. The summed E-state index contributed by atoms with van der Waals surface area (Å²) in [6.45, 7) is 1.09. The molecule has 0 aromatic heterocycles. The van der Waals surface area contributed by atoms with Crippen LogP contribution >= 0.6 is 0 Å². The SMILES string of the molecule is CC(=O)N(CC(=O)N(C)C1CCS(=O)(=O)C1)Cc1ccccc1F. The van der Waals surface area contributed by atoms with Crippen molar-refractivity contribution in [3.05, 3.63) is 35.6 Å². The zero-order valence-corrected chi connectivity index (χ0v) is 14.6. The molecule has 24 heavy (non-hydrogen) atoms. The highest BCUT2D eigenvalue weighted by atomic mass is 32.2. The molecular formula is C16H21FN2O4S. The van der Waals surface area contributed by atoms with Crippen molar-refractivity contribution in [3.63, 3.8) is 0 Å².